The minimum Gasteiger partial charge on any atom is -0.366 e. The van der Waals surface area contributed by atoms with Crippen molar-refractivity contribution in [3.63, 3.8) is 0 Å². The van der Waals surface area contributed by atoms with E-state index in [0.29, 0.717) is 0 Å². The van der Waals surface area contributed by atoms with Gasteiger partial charge in [-0.05, 0) is 35.9 Å². The van der Waals surface area contributed by atoms with Gasteiger partial charge in [0.1, 0.15) is 11.9 Å². The molecule has 0 radical (unpaired) electrons. The highest BCUT2D eigenvalue weighted by Gasteiger charge is 2.17. The normalized spacial score (nSPS) is 11.8. The summed E-state index contributed by atoms with van der Waals surface area (Å²) in [4.78, 5) is 0. The van der Waals surface area contributed by atoms with Crippen molar-refractivity contribution in [3.8, 4) is 6.07 Å². The first-order valence-corrected chi connectivity index (χ1v) is 5.57. The zero-order valence-corrected chi connectivity index (χ0v) is 10.0. The highest BCUT2D eigenvalue weighted by molar-refractivity contribution is 5.47. The standard InChI is InChI=1S/C14H8F4N2/c15-9-2-1-3-10(6-9)20-13(7-19)8-4-11(16)14(18)12(17)5-8/h1-6,13,20H. The third kappa shape index (κ3) is 2.88. The smallest absolute Gasteiger partial charge is 0.194 e. The van der Waals surface area contributed by atoms with Gasteiger partial charge in [-0.3, -0.25) is 0 Å². The van der Waals surface area contributed by atoms with E-state index in [1.165, 1.54) is 18.2 Å². The summed E-state index contributed by atoms with van der Waals surface area (Å²) in [5.74, 6) is -4.90. The van der Waals surface area contributed by atoms with Crippen LogP contribution in [0.25, 0.3) is 0 Å². The van der Waals surface area contributed by atoms with Crippen LogP contribution in [0.1, 0.15) is 11.6 Å². The minimum atomic E-state index is -1.60. The molecule has 0 spiro atoms. The molecule has 20 heavy (non-hydrogen) atoms. The molecule has 2 rings (SSSR count). The molecule has 6 heteroatoms. The van der Waals surface area contributed by atoms with Gasteiger partial charge in [0.2, 0.25) is 0 Å². The molecular weight excluding hydrogens is 272 g/mol. The van der Waals surface area contributed by atoms with Crippen LogP contribution in [0.3, 0.4) is 0 Å². The molecule has 1 atom stereocenters. The molecule has 0 bridgehead atoms. The molecule has 1 unspecified atom stereocenters. The van der Waals surface area contributed by atoms with Gasteiger partial charge in [0.05, 0.1) is 6.07 Å². The fourth-order valence-electron chi connectivity index (χ4n) is 1.68. The first-order valence-electron chi connectivity index (χ1n) is 5.57. The van der Waals surface area contributed by atoms with Crippen molar-refractivity contribution in [3.05, 3.63) is 65.2 Å². The number of hydrogen-bond donors (Lipinski definition) is 1. The van der Waals surface area contributed by atoms with Crippen LogP contribution in [0.5, 0.6) is 0 Å². The van der Waals surface area contributed by atoms with Crippen LogP contribution in [0.15, 0.2) is 36.4 Å². The highest BCUT2D eigenvalue weighted by atomic mass is 19.2. The highest BCUT2D eigenvalue weighted by Crippen LogP contribution is 2.23. The van der Waals surface area contributed by atoms with Crippen LogP contribution in [0.4, 0.5) is 23.2 Å². The Hall–Kier alpha value is -2.55. The van der Waals surface area contributed by atoms with E-state index in [-0.39, 0.29) is 11.3 Å². The van der Waals surface area contributed by atoms with Gasteiger partial charge in [-0.1, -0.05) is 6.07 Å². The Balaban J connectivity index is 2.32. The van der Waals surface area contributed by atoms with Crippen LogP contribution in [-0.4, -0.2) is 0 Å². The van der Waals surface area contributed by atoms with Crippen molar-refractivity contribution in [1.29, 1.82) is 5.26 Å². The van der Waals surface area contributed by atoms with E-state index in [4.69, 9.17) is 5.26 Å². The monoisotopic (exact) mass is 280 g/mol. The van der Waals surface area contributed by atoms with Gasteiger partial charge in [-0.2, -0.15) is 5.26 Å². The van der Waals surface area contributed by atoms with E-state index in [0.717, 1.165) is 18.2 Å². The van der Waals surface area contributed by atoms with E-state index < -0.39 is 29.3 Å². The summed E-state index contributed by atoms with van der Waals surface area (Å²) in [6, 6.07) is 7.32. The molecule has 0 saturated heterocycles. The van der Waals surface area contributed by atoms with E-state index >= 15 is 0 Å². The van der Waals surface area contributed by atoms with E-state index in [9.17, 15) is 17.6 Å². The molecule has 0 heterocycles. The number of rotatable bonds is 3. The van der Waals surface area contributed by atoms with Gasteiger partial charge in [-0.25, -0.2) is 17.6 Å². The fraction of sp³-hybridized carbons (Fsp3) is 0.0714. The van der Waals surface area contributed by atoms with Gasteiger partial charge < -0.3 is 5.32 Å². The van der Waals surface area contributed by atoms with E-state index in [1.807, 2.05) is 0 Å². The number of nitriles is 1. The summed E-state index contributed by atoms with van der Waals surface area (Å²) in [6.07, 6.45) is 0. The molecule has 1 N–H and O–H groups in total. The summed E-state index contributed by atoms with van der Waals surface area (Å²) >= 11 is 0. The number of benzene rings is 2. The number of nitrogens with zero attached hydrogens (tertiary/aromatic N) is 1. The summed E-state index contributed by atoms with van der Waals surface area (Å²) in [6.45, 7) is 0. The maximum Gasteiger partial charge on any atom is 0.194 e. The quantitative estimate of drug-likeness (QED) is 0.683. The third-order valence-electron chi connectivity index (χ3n) is 2.60. The lowest BCUT2D eigenvalue weighted by atomic mass is 10.1. The van der Waals surface area contributed by atoms with Crippen LogP contribution in [0, 0.1) is 34.6 Å². The summed E-state index contributed by atoms with van der Waals surface area (Å²) in [5.41, 5.74) is 0.176. The molecule has 0 amide bonds. The predicted octanol–water partition coefficient (Wildman–Crippen LogP) is 3.92. The fourth-order valence-corrected chi connectivity index (χ4v) is 1.68. The summed E-state index contributed by atoms with van der Waals surface area (Å²) in [7, 11) is 0. The molecule has 0 fully saturated rings. The average molecular weight is 280 g/mol. The largest absolute Gasteiger partial charge is 0.366 e. The van der Waals surface area contributed by atoms with Gasteiger partial charge in [0.15, 0.2) is 17.5 Å². The van der Waals surface area contributed by atoms with Crippen molar-refractivity contribution in [2.75, 3.05) is 5.32 Å². The maximum atomic E-state index is 13.1. The lowest BCUT2D eigenvalue weighted by Gasteiger charge is -2.14. The Labute approximate surface area is 112 Å². The maximum absolute atomic E-state index is 13.1. The van der Waals surface area contributed by atoms with Crippen molar-refractivity contribution in [2.24, 2.45) is 0 Å². The van der Waals surface area contributed by atoms with E-state index in [2.05, 4.69) is 5.32 Å². The molecule has 2 aromatic rings. The Morgan fingerprint density at radius 2 is 1.65 bits per heavy atom. The first-order chi connectivity index (χ1) is 9.51. The minimum absolute atomic E-state index is 0.0897. The van der Waals surface area contributed by atoms with Crippen molar-refractivity contribution >= 4 is 5.69 Å². The Morgan fingerprint density at radius 3 is 2.20 bits per heavy atom. The SMILES string of the molecule is N#CC(Nc1cccc(F)c1)c1cc(F)c(F)c(F)c1. The number of halogens is 4. The summed E-state index contributed by atoms with van der Waals surface area (Å²) < 4.78 is 52.1. The molecule has 2 nitrogen and oxygen atoms in total. The van der Waals surface area contributed by atoms with Gasteiger partial charge in [-0.15, -0.1) is 0 Å². The van der Waals surface area contributed by atoms with Gasteiger partial charge >= 0.3 is 0 Å². The summed E-state index contributed by atoms with van der Waals surface area (Å²) in [5, 5.41) is 11.6. The molecule has 0 aliphatic carbocycles. The Kier molecular flexibility index (Phi) is 3.89. The molecule has 0 aliphatic heterocycles. The Morgan fingerprint density at radius 1 is 1.00 bits per heavy atom. The third-order valence-corrected chi connectivity index (χ3v) is 2.60. The second kappa shape index (κ2) is 5.61. The van der Waals surface area contributed by atoms with Crippen LogP contribution < -0.4 is 5.32 Å². The van der Waals surface area contributed by atoms with Crippen molar-refractivity contribution in [1.82, 2.24) is 0 Å². The van der Waals surface area contributed by atoms with Crippen LogP contribution in [-0.2, 0) is 0 Å². The second-order valence-electron chi connectivity index (χ2n) is 4.02. The Bertz CT molecular complexity index is 656. The van der Waals surface area contributed by atoms with Gasteiger partial charge in [0.25, 0.3) is 0 Å². The molecule has 0 aliphatic rings. The molecule has 0 aromatic heterocycles. The predicted molar refractivity (Wildman–Crippen MR) is 64.7 cm³/mol. The first kappa shape index (κ1) is 13.9. The number of hydrogen-bond acceptors (Lipinski definition) is 2. The topological polar surface area (TPSA) is 35.8 Å². The lowest BCUT2D eigenvalue weighted by molar-refractivity contribution is 0.445. The lowest BCUT2D eigenvalue weighted by Crippen LogP contribution is -2.10. The molecular formula is C14H8F4N2. The van der Waals surface area contributed by atoms with Crippen LogP contribution >= 0.6 is 0 Å². The number of anilines is 1. The molecule has 0 saturated carbocycles. The zero-order chi connectivity index (χ0) is 14.7. The zero-order valence-electron chi connectivity index (χ0n) is 10.0. The average Bonchev–Trinajstić information content (AvgIpc) is 2.41. The van der Waals surface area contributed by atoms with Crippen molar-refractivity contribution < 1.29 is 17.6 Å². The second-order valence-corrected chi connectivity index (χ2v) is 4.02. The van der Waals surface area contributed by atoms with E-state index in [1.54, 1.807) is 6.07 Å². The van der Waals surface area contributed by atoms with Crippen LogP contribution in [0.2, 0.25) is 0 Å². The van der Waals surface area contributed by atoms with Gasteiger partial charge in [0, 0.05) is 5.69 Å². The molecule has 102 valence electrons. The number of nitrogens with one attached hydrogen (secondary N) is 1. The van der Waals surface area contributed by atoms with Crippen molar-refractivity contribution in [2.45, 2.75) is 6.04 Å². The molecule has 2 aromatic carbocycles.